The van der Waals surface area contributed by atoms with Crippen LogP contribution in [0.1, 0.15) is 17.4 Å². The number of hydrogen-bond acceptors (Lipinski definition) is 3. The fraction of sp³-hybridized carbons (Fsp3) is 0.182. The van der Waals surface area contributed by atoms with Crippen LogP contribution < -0.4 is 11.3 Å². The lowest BCUT2D eigenvalue weighted by atomic mass is 10.1. The van der Waals surface area contributed by atoms with E-state index < -0.39 is 5.82 Å². The lowest BCUT2D eigenvalue weighted by Crippen LogP contribution is -2.30. The summed E-state index contributed by atoms with van der Waals surface area (Å²) in [7, 11) is 0. The van der Waals surface area contributed by atoms with Crippen molar-refractivity contribution in [3.8, 4) is 0 Å². The smallest absolute Gasteiger partial charge is 0.141 e. The highest BCUT2D eigenvalue weighted by atomic mass is 35.5. The van der Waals surface area contributed by atoms with Gasteiger partial charge in [-0.15, -0.1) is 0 Å². The minimum absolute atomic E-state index is 0.109. The number of hydrazine groups is 1. The Kier molecular flexibility index (Phi) is 3.73. The molecule has 0 fully saturated rings. The first-order chi connectivity index (χ1) is 8.20. The first-order valence-corrected chi connectivity index (χ1v) is 5.48. The predicted octanol–water partition coefficient (Wildman–Crippen LogP) is 1.95. The van der Waals surface area contributed by atoms with Gasteiger partial charge >= 0.3 is 0 Å². The molecule has 6 heteroatoms. The Bertz CT molecular complexity index is 486. The van der Waals surface area contributed by atoms with Crippen LogP contribution in [-0.2, 0) is 6.42 Å². The van der Waals surface area contributed by atoms with Gasteiger partial charge in [-0.05, 0) is 24.1 Å². The second-order valence-electron chi connectivity index (χ2n) is 3.65. The number of nitrogens with zero attached hydrogens (tertiary/aromatic N) is 1. The van der Waals surface area contributed by atoms with Gasteiger partial charge in [0.15, 0.2) is 0 Å². The van der Waals surface area contributed by atoms with Crippen molar-refractivity contribution in [2.75, 3.05) is 0 Å². The molecule has 2 rings (SSSR count). The zero-order valence-corrected chi connectivity index (χ0v) is 9.71. The lowest BCUT2D eigenvalue weighted by Gasteiger charge is -2.13. The van der Waals surface area contributed by atoms with Crippen molar-refractivity contribution >= 4 is 11.6 Å². The van der Waals surface area contributed by atoms with E-state index in [1.165, 1.54) is 6.07 Å². The van der Waals surface area contributed by atoms with E-state index in [4.69, 9.17) is 17.4 Å². The molecule has 1 aromatic heterocycles. The summed E-state index contributed by atoms with van der Waals surface area (Å²) in [6.45, 7) is 0. The second-order valence-corrected chi connectivity index (χ2v) is 4.05. The zero-order valence-electron chi connectivity index (χ0n) is 8.95. The highest BCUT2D eigenvalue weighted by Gasteiger charge is 2.13. The minimum atomic E-state index is -0.425. The number of H-pyrrole nitrogens is 1. The van der Waals surface area contributed by atoms with E-state index in [1.807, 2.05) is 0 Å². The summed E-state index contributed by atoms with van der Waals surface area (Å²) in [5, 5.41) is 0.109. The number of halogens is 2. The molecule has 0 aliphatic rings. The number of rotatable bonds is 4. The van der Waals surface area contributed by atoms with Crippen molar-refractivity contribution in [3.05, 3.63) is 52.8 Å². The maximum Gasteiger partial charge on any atom is 0.141 e. The van der Waals surface area contributed by atoms with Crippen molar-refractivity contribution < 1.29 is 4.39 Å². The third-order valence-electron chi connectivity index (χ3n) is 2.47. The number of nitrogens with one attached hydrogen (secondary N) is 2. The van der Waals surface area contributed by atoms with Crippen LogP contribution in [0, 0.1) is 5.82 Å². The van der Waals surface area contributed by atoms with Crippen molar-refractivity contribution in [1.82, 2.24) is 15.4 Å². The summed E-state index contributed by atoms with van der Waals surface area (Å²) >= 11 is 5.72. The number of aromatic amines is 1. The third kappa shape index (κ3) is 2.82. The highest BCUT2D eigenvalue weighted by molar-refractivity contribution is 6.30. The summed E-state index contributed by atoms with van der Waals surface area (Å²) in [6.07, 6.45) is 3.94. The van der Waals surface area contributed by atoms with Gasteiger partial charge < -0.3 is 4.98 Å². The third-order valence-corrected chi connectivity index (χ3v) is 2.76. The molecule has 0 aliphatic carbocycles. The predicted molar refractivity (Wildman–Crippen MR) is 63.8 cm³/mol. The van der Waals surface area contributed by atoms with E-state index in [0.29, 0.717) is 6.42 Å². The van der Waals surface area contributed by atoms with Crippen molar-refractivity contribution in [2.24, 2.45) is 5.84 Å². The Labute approximate surface area is 103 Å². The molecule has 90 valence electrons. The Balaban J connectivity index is 2.16. The fourth-order valence-electron chi connectivity index (χ4n) is 1.60. The molecule has 0 aliphatic heterocycles. The Morgan fingerprint density at radius 3 is 2.94 bits per heavy atom. The normalized spacial score (nSPS) is 12.6. The molecule has 1 heterocycles. The molecule has 0 saturated carbocycles. The lowest BCUT2D eigenvalue weighted by molar-refractivity contribution is 0.526. The largest absolute Gasteiger partial charge is 0.347 e. The van der Waals surface area contributed by atoms with E-state index in [-0.39, 0.29) is 11.1 Å². The van der Waals surface area contributed by atoms with Crippen LogP contribution in [0.5, 0.6) is 0 Å². The molecule has 0 bridgehead atoms. The van der Waals surface area contributed by atoms with E-state index >= 15 is 0 Å². The molecule has 1 atom stereocenters. The summed E-state index contributed by atoms with van der Waals surface area (Å²) in [5.74, 6) is 5.77. The second kappa shape index (κ2) is 5.27. The summed E-state index contributed by atoms with van der Waals surface area (Å²) in [5.41, 5.74) is 3.54. The van der Waals surface area contributed by atoms with E-state index in [9.17, 15) is 4.39 Å². The Hall–Kier alpha value is -1.43. The molecule has 0 radical (unpaired) electrons. The van der Waals surface area contributed by atoms with Crippen LogP contribution in [0.2, 0.25) is 5.02 Å². The summed E-state index contributed by atoms with van der Waals surface area (Å²) in [4.78, 5) is 7.09. The van der Waals surface area contributed by atoms with Gasteiger partial charge in [-0.3, -0.25) is 5.84 Å². The summed E-state index contributed by atoms with van der Waals surface area (Å²) < 4.78 is 13.0. The van der Waals surface area contributed by atoms with Crippen LogP contribution in [-0.4, -0.2) is 9.97 Å². The van der Waals surface area contributed by atoms with Crippen LogP contribution in [0.25, 0.3) is 0 Å². The Morgan fingerprint density at radius 1 is 1.53 bits per heavy atom. The summed E-state index contributed by atoms with van der Waals surface area (Å²) in [6, 6.07) is 4.44. The molecule has 1 unspecified atom stereocenters. The first-order valence-electron chi connectivity index (χ1n) is 5.10. The number of nitrogens with two attached hydrogens (primary N) is 1. The van der Waals surface area contributed by atoms with Gasteiger partial charge in [0.25, 0.3) is 0 Å². The quantitative estimate of drug-likeness (QED) is 0.577. The zero-order chi connectivity index (χ0) is 12.3. The number of benzene rings is 1. The van der Waals surface area contributed by atoms with Gasteiger partial charge in [0, 0.05) is 12.4 Å². The molecular weight excluding hydrogens is 243 g/mol. The van der Waals surface area contributed by atoms with Gasteiger partial charge in [-0.1, -0.05) is 17.7 Å². The SMILES string of the molecule is NNC(Cc1ccc(F)c(Cl)c1)c1ncc[nH]1. The fourth-order valence-corrected chi connectivity index (χ4v) is 1.81. The monoisotopic (exact) mass is 254 g/mol. The molecule has 0 amide bonds. The molecule has 1 aromatic carbocycles. The van der Waals surface area contributed by atoms with E-state index in [1.54, 1.807) is 24.5 Å². The van der Waals surface area contributed by atoms with Crippen molar-refractivity contribution in [1.29, 1.82) is 0 Å². The van der Waals surface area contributed by atoms with Crippen molar-refractivity contribution in [2.45, 2.75) is 12.5 Å². The number of hydrogen-bond donors (Lipinski definition) is 3. The molecule has 4 nitrogen and oxygen atoms in total. The van der Waals surface area contributed by atoms with Gasteiger partial charge in [-0.2, -0.15) is 0 Å². The minimum Gasteiger partial charge on any atom is -0.347 e. The van der Waals surface area contributed by atoms with Crippen molar-refractivity contribution in [3.63, 3.8) is 0 Å². The van der Waals surface area contributed by atoms with Gasteiger partial charge in [-0.25, -0.2) is 14.8 Å². The van der Waals surface area contributed by atoms with Crippen LogP contribution in [0.4, 0.5) is 4.39 Å². The molecule has 4 N–H and O–H groups in total. The average Bonchev–Trinajstić information content (AvgIpc) is 2.84. The molecule has 0 spiro atoms. The number of aromatic nitrogens is 2. The van der Waals surface area contributed by atoms with Gasteiger partial charge in [0.1, 0.15) is 11.6 Å². The maximum atomic E-state index is 13.0. The Morgan fingerprint density at radius 2 is 2.35 bits per heavy atom. The standard InChI is InChI=1S/C11H12ClFN4/c12-8-5-7(1-2-9(8)13)6-10(17-14)11-15-3-4-16-11/h1-5,10,17H,6,14H2,(H,15,16). The highest BCUT2D eigenvalue weighted by Crippen LogP contribution is 2.20. The molecule has 2 aromatic rings. The molecule has 0 saturated heterocycles. The van der Waals surface area contributed by atoms with Gasteiger partial charge in [0.2, 0.25) is 0 Å². The average molecular weight is 255 g/mol. The molecule has 17 heavy (non-hydrogen) atoms. The molecular formula is C11H12ClFN4. The van der Waals surface area contributed by atoms with E-state index in [2.05, 4.69) is 15.4 Å². The van der Waals surface area contributed by atoms with E-state index in [0.717, 1.165) is 11.4 Å². The van der Waals surface area contributed by atoms with Crippen LogP contribution >= 0.6 is 11.6 Å². The number of imidazole rings is 1. The first kappa shape index (κ1) is 12.0. The topological polar surface area (TPSA) is 66.7 Å². The van der Waals surface area contributed by atoms with Gasteiger partial charge in [0.05, 0.1) is 11.1 Å². The van der Waals surface area contributed by atoms with Crippen LogP contribution in [0.15, 0.2) is 30.6 Å². The van der Waals surface area contributed by atoms with Crippen LogP contribution in [0.3, 0.4) is 0 Å². The maximum absolute atomic E-state index is 13.0.